The fourth-order valence-electron chi connectivity index (χ4n) is 3.43. The molecular weight excluding hydrogens is 404 g/mol. The van der Waals surface area contributed by atoms with Crippen LogP contribution in [0.2, 0.25) is 0 Å². The molecule has 2 amide bonds. The molecule has 0 aliphatic carbocycles. The normalized spacial score (nSPS) is 11.3. The maximum absolute atomic E-state index is 13.3. The quantitative estimate of drug-likeness (QED) is 0.554. The van der Waals surface area contributed by atoms with E-state index in [0.29, 0.717) is 47.9 Å². The van der Waals surface area contributed by atoms with E-state index in [1.165, 1.54) is 0 Å². The molecule has 2 aromatic carbocycles. The van der Waals surface area contributed by atoms with Crippen molar-refractivity contribution in [2.75, 3.05) is 18.4 Å². The molecule has 0 spiro atoms. The van der Waals surface area contributed by atoms with Gasteiger partial charge >= 0.3 is 0 Å². The summed E-state index contributed by atoms with van der Waals surface area (Å²) in [7, 11) is 0. The van der Waals surface area contributed by atoms with Crippen LogP contribution in [0.25, 0.3) is 0 Å². The summed E-state index contributed by atoms with van der Waals surface area (Å²) < 4.78 is 5.20. The summed E-state index contributed by atoms with van der Waals surface area (Å²) in [5.41, 5.74) is 8.96. The highest BCUT2D eigenvalue weighted by atomic mass is 16.5. The molecular formula is C25H30N4O3. The number of benzene rings is 2. The summed E-state index contributed by atoms with van der Waals surface area (Å²) in [5, 5.41) is 6.81. The summed E-state index contributed by atoms with van der Waals surface area (Å²) in [6, 6.07) is 16.5. The maximum atomic E-state index is 13.3. The molecule has 0 aliphatic heterocycles. The monoisotopic (exact) mass is 434 g/mol. The zero-order chi connectivity index (χ0) is 23.3. The summed E-state index contributed by atoms with van der Waals surface area (Å²) >= 11 is 0. The summed E-state index contributed by atoms with van der Waals surface area (Å²) in [5.74, 6) is 0.199. The average molecular weight is 435 g/mol. The van der Waals surface area contributed by atoms with Crippen LogP contribution in [0, 0.1) is 19.3 Å². The lowest BCUT2D eigenvalue weighted by atomic mass is 9.92. The number of hydrogen-bond donors (Lipinski definition) is 2. The SMILES string of the molecule is Cc1noc(C)c1C(=O)N(Cc1ccc(NC(=O)c2ccccc2)cc1)CC(C)(C)CN. The molecule has 3 N–H and O–H groups in total. The highest BCUT2D eigenvalue weighted by molar-refractivity contribution is 6.04. The summed E-state index contributed by atoms with van der Waals surface area (Å²) in [6.07, 6.45) is 0. The Bertz CT molecular complexity index is 1050. The van der Waals surface area contributed by atoms with Gasteiger partial charge in [-0.05, 0) is 55.6 Å². The molecule has 32 heavy (non-hydrogen) atoms. The van der Waals surface area contributed by atoms with Gasteiger partial charge in [0.05, 0.1) is 5.69 Å². The molecule has 0 saturated carbocycles. The van der Waals surface area contributed by atoms with E-state index in [2.05, 4.69) is 10.5 Å². The number of nitrogens with two attached hydrogens (primary N) is 1. The number of anilines is 1. The topological polar surface area (TPSA) is 101 Å². The molecule has 0 radical (unpaired) electrons. The molecule has 168 valence electrons. The van der Waals surface area contributed by atoms with Crippen molar-refractivity contribution in [3.05, 3.63) is 82.7 Å². The second-order valence-corrected chi connectivity index (χ2v) is 8.75. The van der Waals surface area contributed by atoms with E-state index in [-0.39, 0.29) is 17.2 Å². The molecule has 7 nitrogen and oxygen atoms in total. The fourth-order valence-corrected chi connectivity index (χ4v) is 3.43. The molecule has 0 unspecified atom stereocenters. The van der Waals surface area contributed by atoms with Crippen molar-refractivity contribution in [1.82, 2.24) is 10.1 Å². The van der Waals surface area contributed by atoms with E-state index >= 15 is 0 Å². The number of aromatic nitrogens is 1. The van der Waals surface area contributed by atoms with E-state index in [9.17, 15) is 9.59 Å². The highest BCUT2D eigenvalue weighted by Gasteiger charge is 2.28. The van der Waals surface area contributed by atoms with Crippen LogP contribution in [0.15, 0.2) is 59.1 Å². The number of carbonyl (C=O) groups is 2. The molecule has 0 fully saturated rings. The first-order chi connectivity index (χ1) is 15.2. The molecule has 3 aromatic rings. The van der Waals surface area contributed by atoms with Crippen molar-refractivity contribution in [2.24, 2.45) is 11.1 Å². The van der Waals surface area contributed by atoms with Gasteiger partial charge in [-0.25, -0.2) is 0 Å². The lowest BCUT2D eigenvalue weighted by Gasteiger charge is -2.32. The first-order valence-electron chi connectivity index (χ1n) is 10.6. The van der Waals surface area contributed by atoms with Crippen molar-refractivity contribution in [2.45, 2.75) is 34.2 Å². The van der Waals surface area contributed by atoms with E-state index < -0.39 is 0 Å². The van der Waals surface area contributed by atoms with Crippen LogP contribution >= 0.6 is 0 Å². The van der Waals surface area contributed by atoms with Crippen molar-refractivity contribution >= 4 is 17.5 Å². The number of carbonyl (C=O) groups excluding carboxylic acids is 2. The van der Waals surface area contributed by atoms with Crippen LogP contribution in [0.1, 0.15) is 51.6 Å². The Balaban J connectivity index is 1.77. The fraction of sp³-hybridized carbons (Fsp3) is 0.320. The molecule has 0 atom stereocenters. The Kier molecular flexibility index (Phi) is 7.10. The Morgan fingerprint density at radius 3 is 2.28 bits per heavy atom. The Morgan fingerprint density at radius 1 is 1.06 bits per heavy atom. The molecule has 0 saturated heterocycles. The van der Waals surface area contributed by atoms with E-state index in [4.69, 9.17) is 10.3 Å². The highest BCUT2D eigenvalue weighted by Crippen LogP contribution is 2.23. The van der Waals surface area contributed by atoms with Crippen LogP contribution in [0.3, 0.4) is 0 Å². The zero-order valence-electron chi connectivity index (χ0n) is 19.0. The largest absolute Gasteiger partial charge is 0.361 e. The molecule has 1 heterocycles. The van der Waals surface area contributed by atoms with Crippen molar-refractivity contribution in [3.8, 4) is 0 Å². The Labute approximate surface area is 188 Å². The Morgan fingerprint density at radius 2 is 1.72 bits per heavy atom. The number of amides is 2. The minimum Gasteiger partial charge on any atom is -0.361 e. The Hall–Kier alpha value is -3.45. The van der Waals surface area contributed by atoms with Gasteiger partial charge < -0.3 is 20.5 Å². The van der Waals surface area contributed by atoms with Gasteiger partial charge in [-0.15, -0.1) is 0 Å². The van der Waals surface area contributed by atoms with Gasteiger partial charge in [-0.3, -0.25) is 9.59 Å². The lowest BCUT2D eigenvalue weighted by molar-refractivity contribution is 0.0671. The maximum Gasteiger partial charge on any atom is 0.259 e. The smallest absolute Gasteiger partial charge is 0.259 e. The summed E-state index contributed by atoms with van der Waals surface area (Å²) in [6.45, 7) is 8.90. The molecule has 0 bridgehead atoms. The van der Waals surface area contributed by atoms with Crippen molar-refractivity contribution in [1.29, 1.82) is 0 Å². The first kappa shape index (κ1) is 23.2. The van der Waals surface area contributed by atoms with Crippen LogP contribution in [0.4, 0.5) is 5.69 Å². The zero-order valence-corrected chi connectivity index (χ0v) is 19.0. The summed E-state index contributed by atoms with van der Waals surface area (Å²) in [4.78, 5) is 27.5. The van der Waals surface area contributed by atoms with E-state index in [0.717, 1.165) is 5.56 Å². The third kappa shape index (κ3) is 5.62. The minimum atomic E-state index is -0.252. The molecule has 1 aromatic heterocycles. The number of nitrogens with one attached hydrogen (secondary N) is 1. The number of nitrogens with zero attached hydrogens (tertiary/aromatic N) is 2. The van der Waals surface area contributed by atoms with Crippen LogP contribution in [-0.2, 0) is 6.54 Å². The van der Waals surface area contributed by atoms with Crippen LogP contribution in [-0.4, -0.2) is 35.0 Å². The van der Waals surface area contributed by atoms with E-state index in [1.807, 2.05) is 56.3 Å². The van der Waals surface area contributed by atoms with E-state index in [1.54, 1.807) is 30.9 Å². The van der Waals surface area contributed by atoms with Crippen molar-refractivity contribution in [3.63, 3.8) is 0 Å². The second kappa shape index (κ2) is 9.78. The third-order valence-electron chi connectivity index (χ3n) is 5.33. The lowest BCUT2D eigenvalue weighted by Crippen LogP contribution is -2.42. The van der Waals surface area contributed by atoms with Gasteiger partial charge in [0.25, 0.3) is 11.8 Å². The predicted molar refractivity (Wildman–Crippen MR) is 124 cm³/mol. The molecule has 3 rings (SSSR count). The van der Waals surface area contributed by atoms with Gasteiger partial charge in [0.15, 0.2) is 0 Å². The first-order valence-corrected chi connectivity index (χ1v) is 10.6. The van der Waals surface area contributed by atoms with Crippen LogP contribution < -0.4 is 11.1 Å². The molecule has 7 heteroatoms. The van der Waals surface area contributed by atoms with Gasteiger partial charge in [0.2, 0.25) is 0 Å². The number of rotatable bonds is 8. The standard InChI is InChI=1S/C25H30N4O3/c1-17-22(18(2)32-28-17)24(31)29(16-25(3,4)15-26)14-19-10-12-21(13-11-19)27-23(30)20-8-6-5-7-9-20/h5-13H,14-16,26H2,1-4H3,(H,27,30). The predicted octanol–water partition coefficient (Wildman–Crippen LogP) is 4.17. The number of hydrogen-bond acceptors (Lipinski definition) is 5. The third-order valence-corrected chi connectivity index (χ3v) is 5.33. The molecule has 0 aliphatic rings. The number of aryl methyl sites for hydroxylation is 2. The van der Waals surface area contributed by atoms with Gasteiger partial charge in [-0.2, -0.15) is 0 Å². The van der Waals surface area contributed by atoms with Crippen molar-refractivity contribution < 1.29 is 14.1 Å². The van der Waals surface area contributed by atoms with Gasteiger partial charge in [0, 0.05) is 24.3 Å². The minimum absolute atomic E-state index is 0.135. The van der Waals surface area contributed by atoms with Crippen LogP contribution in [0.5, 0.6) is 0 Å². The van der Waals surface area contributed by atoms with Gasteiger partial charge in [-0.1, -0.05) is 49.3 Å². The average Bonchev–Trinajstić information content (AvgIpc) is 3.12. The second-order valence-electron chi connectivity index (χ2n) is 8.75. The van der Waals surface area contributed by atoms with Gasteiger partial charge in [0.1, 0.15) is 11.3 Å².